The van der Waals surface area contributed by atoms with E-state index in [9.17, 15) is 4.79 Å². The second-order valence-corrected chi connectivity index (χ2v) is 3.27. The number of carboxylic acids is 1. The van der Waals surface area contributed by atoms with E-state index in [4.69, 9.17) is 5.11 Å². The Balaban J connectivity index is 2.37. The summed E-state index contributed by atoms with van der Waals surface area (Å²) < 4.78 is 1.77. The molecule has 2 aromatic rings. The fourth-order valence-electron chi connectivity index (χ4n) is 1.41. The van der Waals surface area contributed by atoms with Gasteiger partial charge in [0.05, 0.1) is 23.9 Å². The highest BCUT2D eigenvalue weighted by Crippen LogP contribution is 2.12. The Labute approximate surface area is 86.5 Å². The van der Waals surface area contributed by atoms with Gasteiger partial charge in [0, 0.05) is 5.57 Å². The third-order valence-electron chi connectivity index (χ3n) is 2.19. The maximum Gasteiger partial charge on any atom is 0.332 e. The van der Waals surface area contributed by atoms with Crippen molar-refractivity contribution in [2.24, 2.45) is 0 Å². The average Bonchev–Trinajstić information content (AvgIpc) is 2.62. The van der Waals surface area contributed by atoms with Gasteiger partial charge in [0.25, 0.3) is 0 Å². The number of aromatic nitrogens is 2. The first-order valence-electron chi connectivity index (χ1n) is 4.49. The van der Waals surface area contributed by atoms with Gasteiger partial charge in [0.2, 0.25) is 0 Å². The number of benzene rings is 1. The van der Waals surface area contributed by atoms with Gasteiger partial charge in [0.15, 0.2) is 0 Å². The number of carboxylic acid groups (broad SMARTS) is 1. The van der Waals surface area contributed by atoms with Crippen LogP contribution in [0.5, 0.6) is 0 Å². The van der Waals surface area contributed by atoms with Crippen LogP contribution in [0.15, 0.2) is 42.7 Å². The van der Waals surface area contributed by atoms with Gasteiger partial charge < -0.3 is 9.67 Å². The van der Waals surface area contributed by atoms with Crippen LogP contribution < -0.4 is 0 Å². The van der Waals surface area contributed by atoms with Crippen LogP contribution in [0.1, 0.15) is 0 Å². The zero-order valence-electron chi connectivity index (χ0n) is 8.05. The van der Waals surface area contributed by atoms with Crippen molar-refractivity contribution in [3.63, 3.8) is 0 Å². The Morgan fingerprint density at radius 2 is 2.20 bits per heavy atom. The lowest BCUT2D eigenvalue weighted by Crippen LogP contribution is -2.07. The van der Waals surface area contributed by atoms with E-state index in [-0.39, 0.29) is 12.1 Å². The molecule has 1 aromatic heterocycles. The van der Waals surface area contributed by atoms with Crippen molar-refractivity contribution in [3.8, 4) is 0 Å². The van der Waals surface area contributed by atoms with E-state index < -0.39 is 5.97 Å². The quantitative estimate of drug-likeness (QED) is 0.770. The van der Waals surface area contributed by atoms with Gasteiger partial charge in [-0.1, -0.05) is 18.7 Å². The fraction of sp³-hybridized carbons (Fsp3) is 0.0909. The molecule has 0 amide bonds. The molecule has 15 heavy (non-hydrogen) atoms. The molecule has 4 nitrogen and oxygen atoms in total. The van der Waals surface area contributed by atoms with E-state index in [0.29, 0.717) is 0 Å². The number of fused-ring (bicyclic) bond motifs is 1. The molecule has 0 atom stereocenters. The van der Waals surface area contributed by atoms with Gasteiger partial charge in [-0.25, -0.2) is 9.78 Å². The summed E-state index contributed by atoms with van der Waals surface area (Å²) in [6, 6.07) is 7.57. The van der Waals surface area contributed by atoms with Crippen LogP contribution in [0, 0.1) is 0 Å². The molecule has 4 heteroatoms. The van der Waals surface area contributed by atoms with Crippen LogP contribution in [0.3, 0.4) is 0 Å². The maximum absolute atomic E-state index is 10.6. The minimum atomic E-state index is -0.979. The molecule has 0 bridgehead atoms. The molecule has 0 spiro atoms. The summed E-state index contributed by atoms with van der Waals surface area (Å²) in [4.78, 5) is 14.8. The van der Waals surface area contributed by atoms with Crippen molar-refractivity contribution in [3.05, 3.63) is 42.7 Å². The van der Waals surface area contributed by atoms with E-state index >= 15 is 0 Å². The minimum Gasteiger partial charge on any atom is -0.478 e. The highest BCUT2D eigenvalue weighted by molar-refractivity contribution is 5.86. The Kier molecular flexibility index (Phi) is 2.25. The van der Waals surface area contributed by atoms with Crippen molar-refractivity contribution in [2.45, 2.75) is 6.54 Å². The van der Waals surface area contributed by atoms with E-state index in [0.717, 1.165) is 11.0 Å². The zero-order chi connectivity index (χ0) is 10.8. The highest BCUT2D eigenvalue weighted by Gasteiger charge is 2.07. The molecule has 0 aliphatic carbocycles. The van der Waals surface area contributed by atoms with Crippen LogP contribution in [0.4, 0.5) is 0 Å². The Hall–Kier alpha value is -2.10. The smallest absolute Gasteiger partial charge is 0.332 e. The molecule has 2 rings (SSSR count). The van der Waals surface area contributed by atoms with E-state index in [1.807, 2.05) is 24.3 Å². The first-order chi connectivity index (χ1) is 7.18. The first kappa shape index (κ1) is 9.45. The lowest BCUT2D eigenvalue weighted by atomic mass is 10.3. The number of para-hydroxylation sites is 2. The predicted octanol–water partition coefficient (Wildman–Crippen LogP) is 1.68. The number of nitrogens with zero attached hydrogens (tertiary/aromatic N) is 2. The molecule has 1 heterocycles. The van der Waals surface area contributed by atoms with E-state index in [2.05, 4.69) is 11.6 Å². The van der Waals surface area contributed by atoms with Crippen LogP contribution in [0.2, 0.25) is 0 Å². The van der Waals surface area contributed by atoms with Crippen molar-refractivity contribution in [1.82, 2.24) is 9.55 Å². The third-order valence-corrected chi connectivity index (χ3v) is 2.19. The normalized spacial score (nSPS) is 10.4. The molecular weight excluding hydrogens is 192 g/mol. The van der Waals surface area contributed by atoms with Crippen LogP contribution in [-0.2, 0) is 11.3 Å². The van der Waals surface area contributed by atoms with Gasteiger partial charge in [0.1, 0.15) is 0 Å². The molecule has 0 fully saturated rings. The Morgan fingerprint density at radius 1 is 1.47 bits per heavy atom. The summed E-state index contributed by atoms with van der Waals surface area (Å²) in [7, 11) is 0. The molecule has 0 aliphatic heterocycles. The molecule has 1 N–H and O–H groups in total. The van der Waals surface area contributed by atoms with Crippen molar-refractivity contribution >= 4 is 17.0 Å². The molecule has 76 valence electrons. The molecular formula is C11H10N2O2. The average molecular weight is 202 g/mol. The van der Waals surface area contributed by atoms with Crippen molar-refractivity contribution < 1.29 is 9.90 Å². The summed E-state index contributed by atoms with van der Waals surface area (Å²) in [6.45, 7) is 3.75. The molecule has 0 radical (unpaired) electrons. The van der Waals surface area contributed by atoms with Crippen LogP contribution in [-0.4, -0.2) is 20.6 Å². The monoisotopic (exact) mass is 202 g/mol. The molecule has 1 aromatic carbocycles. The van der Waals surface area contributed by atoms with Gasteiger partial charge >= 0.3 is 5.97 Å². The lowest BCUT2D eigenvalue weighted by Gasteiger charge is -2.02. The van der Waals surface area contributed by atoms with Crippen molar-refractivity contribution in [1.29, 1.82) is 0 Å². The van der Waals surface area contributed by atoms with Crippen molar-refractivity contribution in [2.75, 3.05) is 0 Å². The largest absolute Gasteiger partial charge is 0.478 e. The number of rotatable bonds is 3. The second kappa shape index (κ2) is 3.57. The standard InChI is InChI=1S/C11H10N2O2/c1-8(11(14)15)6-13-7-12-9-4-2-3-5-10(9)13/h2-5,7H,1,6H2,(H,14,15). The highest BCUT2D eigenvalue weighted by atomic mass is 16.4. The third kappa shape index (κ3) is 1.74. The number of imidazole rings is 1. The predicted molar refractivity (Wildman–Crippen MR) is 56.5 cm³/mol. The first-order valence-corrected chi connectivity index (χ1v) is 4.49. The number of hydrogen-bond acceptors (Lipinski definition) is 2. The second-order valence-electron chi connectivity index (χ2n) is 3.27. The van der Waals surface area contributed by atoms with E-state index in [1.165, 1.54) is 0 Å². The number of aliphatic carboxylic acids is 1. The number of carbonyl (C=O) groups is 1. The van der Waals surface area contributed by atoms with E-state index in [1.54, 1.807) is 10.9 Å². The summed E-state index contributed by atoms with van der Waals surface area (Å²) in [6.07, 6.45) is 1.62. The van der Waals surface area contributed by atoms with Crippen LogP contribution >= 0.6 is 0 Å². The molecule has 0 saturated heterocycles. The van der Waals surface area contributed by atoms with Gasteiger partial charge in [-0.05, 0) is 12.1 Å². The zero-order valence-corrected chi connectivity index (χ0v) is 8.05. The Bertz CT molecular complexity index is 528. The Morgan fingerprint density at radius 3 is 2.93 bits per heavy atom. The van der Waals surface area contributed by atoms with Crippen LogP contribution in [0.25, 0.3) is 11.0 Å². The molecule has 0 aliphatic rings. The maximum atomic E-state index is 10.6. The summed E-state index contributed by atoms with van der Waals surface area (Å²) in [5.74, 6) is -0.979. The molecule has 0 unspecified atom stereocenters. The van der Waals surface area contributed by atoms with Gasteiger partial charge in [-0.15, -0.1) is 0 Å². The van der Waals surface area contributed by atoms with Gasteiger partial charge in [-0.3, -0.25) is 0 Å². The summed E-state index contributed by atoms with van der Waals surface area (Å²) in [5, 5.41) is 8.72. The summed E-state index contributed by atoms with van der Waals surface area (Å²) >= 11 is 0. The topological polar surface area (TPSA) is 55.1 Å². The minimum absolute atomic E-state index is 0.151. The summed E-state index contributed by atoms with van der Waals surface area (Å²) in [5.41, 5.74) is 1.92. The van der Waals surface area contributed by atoms with Gasteiger partial charge in [-0.2, -0.15) is 0 Å². The SMILES string of the molecule is C=C(Cn1cnc2ccccc21)C(=O)O. The number of hydrogen-bond donors (Lipinski definition) is 1. The lowest BCUT2D eigenvalue weighted by molar-refractivity contribution is -0.132. The fourth-order valence-corrected chi connectivity index (χ4v) is 1.41. The molecule has 0 saturated carbocycles.